The monoisotopic (exact) mass is 353 g/mol. The van der Waals surface area contributed by atoms with Gasteiger partial charge in [0.05, 0.1) is 18.4 Å². The number of esters is 1. The first-order chi connectivity index (χ1) is 11.8. The summed E-state index contributed by atoms with van der Waals surface area (Å²) in [5, 5.41) is 2.47. The SMILES string of the molecule is COC(=O)c1cc(OCc2cc(F)c(F)c(F)c2)ccc1NC(C)=O. The summed E-state index contributed by atoms with van der Waals surface area (Å²) in [6.07, 6.45) is 0. The third kappa shape index (κ3) is 4.50. The topological polar surface area (TPSA) is 64.6 Å². The molecule has 0 heterocycles. The van der Waals surface area contributed by atoms with E-state index in [0.29, 0.717) is 0 Å². The number of ether oxygens (including phenoxy) is 2. The summed E-state index contributed by atoms with van der Waals surface area (Å²) < 4.78 is 49.3. The number of amides is 1. The number of halogens is 3. The summed E-state index contributed by atoms with van der Waals surface area (Å²) in [5.41, 5.74) is 0.346. The van der Waals surface area contributed by atoms with Crippen molar-refractivity contribution in [3.63, 3.8) is 0 Å². The number of carbonyl (C=O) groups excluding carboxylic acids is 2. The molecule has 0 atom stereocenters. The van der Waals surface area contributed by atoms with E-state index >= 15 is 0 Å². The molecule has 8 heteroatoms. The largest absolute Gasteiger partial charge is 0.489 e. The van der Waals surface area contributed by atoms with Gasteiger partial charge in [-0.05, 0) is 35.9 Å². The molecule has 0 aromatic heterocycles. The molecule has 2 aromatic rings. The summed E-state index contributed by atoms with van der Waals surface area (Å²) in [7, 11) is 1.18. The number of nitrogens with one attached hydrogen (secondary N) is 1. The van der Waals surface area contributed by atoms with Crippen molar-refractivity contribution in [3.05, 3.63) is 58.9 Å². The maximum atomic E-state index is 13.2. The smallest absolute Gasteiger partial charge is 0.340 e. The molecule has 0 saturated heterocycles. The van der Waals surface area contributed by atoms with Crippen LogP contribution in [0.1, 0.15) is 22.8 Å². The first kappa shape index (κ1) is 18.3. The summed E-state index contributed by atoms with van der Waals surface area (Å²) >= 11 is 0. The van der Waals surface area contributed by atoms with Crippen LogP contribution in [-0.4, -0.2) is 19.0 Å². The van der Waals surface area contributed by atoms with Gasteiger partial charge < -0.3 is 14.8 Å². The number of rotatable bonds is 5. The van der Waals surface area contributed by atoms with Gasteiger partial charge in [-0.2, -0.15) is 0 Å². The van der Waals surface area contributed by atoms with Crippen LogP contribution in [0.25, 0.3) is 0 Å². The molecule has 1 N–H and O–H groups in total. The van der Waals surface area contributed by atoms with E-state index in [4.69, 9.17) is 4.74 Å². The second-order valence-electron chi connectivity index (χ2n) is 5.04. The Morgan fingerprint density at radius 1 is 1.08 bits per heavy atom. The molecular formula is C17H14F3NO4. The van der Waals surface area contributed by atoms with E-state index in [0.717, 1.165) is 12.1 Å². The molecule has 0 saturated carbocycles. The number of hydrogen-bond acceptors (Lipinski definition) is 4. The van der Waals surface area contributed by atoms with Crippen LogP contribution in [0.15, 0.2) is 30.3 Å². The molecule has 2 aromatic carbocycles. The van der Waals surface area contributed by atoms with Crippen LogP contribution in [0.5, 0.6) is 5.75 Å². The fraction of sp³-hybridized carbons (Fsp3) is 0.176. The van der Waals surface area contributed by atoms with Crippen LogP contribution in [0, 0.1) is 17.5 Å². The lowest BCUT2D eigenvalue weighted by molar-refractivity contribution is -0.114. The molecule has 0 radical (unpaired) electrons. The normalized spacial score (nSPS) is 10.3. The van der Waals surface area contributed by atoms with E-state index in [2.05, 4.69) is 10.1 Å². The minimum Gasteiger partial charge on any atom is -0.489 e. The number of carbonyl (C=O) groups is 2. The highest BCUT2D eigenvalue weighted by Crippen LogP contribution is 2.24. The Kier molecular flexibility index (Phi) is 5.63. The van der Waals surface area contributed by atoms with Crippen molar-refractivity contribution in [1.29, 1.82) is 0 Å². The molecule has 0 unspecified atom stereocenters. The lowest BCUT2D eigenvalue weighted by atomic mass is 10.1. The van der Waals surface area contributed by atoms with Gasteiger partial charge >= 0.3 is 5.97 Å². The van der Waals surface area contributed by atoms with E-state index in [9.17, 15) is 22.8 Å². The van der Waals surface area contributed by atoms with Crippen LogP contribution < -0.4 is 10.1 Å². The second-order valence-corrected chi connectivity index (χ2v) is 5.04. The molecular weight excluding hydrogens is 339 g/mol. The molecule has 0 spiro atoms. The maximum absolute atomic E-state index is 13.2. The minimum absolute atomic E-state index is 0.0478. The zero-order valence-corrected chi connectivity index (χ0v) is 13.4. The van der Waals surface area contributed by atoms with Gasteiger partial charge in [0.15, 0.2) is 17.5 Å². The van der Waals surface area contributed by atoms with Gasteiger partial charge in [-0.3, -0.25) is 4.79 Å². The third-order valence-electron chi connectivity index (χ3n) is 3.16. The quantitative estimate of drug-likeness (QED) is 0.661. The lowest BCUT2D eigenvalue weighted by Crippen LogP contribution is -2.12. The molecule has 0 fully saturated rings. The van der Waals surface area contributed by atoms with Gasteiger partial charge in [0.1, 0.15) is 12.4 Å². The average Bonchev–Trinajstić information content (AvgIpc) is 2.57. The Bertz CT molecular complexity index is 801. The van der Waals surface area contributed by atoms with E-state index in [1.54, 1.807) is 0 Å². The van der Waals surface area contributed by atoms with Crippen LogP contribution in [0.2, 0.25) is 0 Å². The molecule has 25 heavy (non-hydrogen) atoms. The van der Waals surface area contributed by atoms with E-state index < -0.39 is 23.4 Å². The van der Waals surface area contributed by atoms with E-state index in [1.807, 2.05) is 0 Å². The molecule has 5 nitrogen and oxygen atoms in total. The van der Waals surface area contributed by atoms with Crippen molar-refractivity contribution in [2.45, 2.75) is 13.5 Å². The summed E-state index contributed by atoms with van der Waals surface area (Å²) in [6.45, 7) is 1.03. The van der Waals surface area contributed by atoms with Gasteiger partial charge in [0.2, 0.25) is 5.91 Å². The summed E-state index contributed by atoms with van der Waals surface area (Å²) in [6, 6.07) is 5.81. The molecule has 0 aliphatic carbocycles. The van der Waals surface area contributed by atoms with E-state index in [1.165, 1.54) is 32.2 Å². The number of methoxy groups -OCH3 is 1. The van der Waals surface area contributed by atoms with Crippen molar-refractivity contribution in [1.82, 2.24) is 0 Å². The second kappa shape index (κ2) is 7.69. The highest BCUT2D eigenvalue weighted by molar-refractivity contribution is 6.01. The van der Waals surface area contributed by atoms with E-state index in [-0.39, 0.29) is 35.1 Å². The van der Waals surface area contributed by atoms with Gasteiger partial charge in [0.25, 0.3) is 0 Å². The third-order valence-corrected chi connectivity index (χ3v) is 3.16. The van der Waals surface area contributed by atoms with Crippen LogP contribution in [0.4, 0.5) is 18.9 Å². The molecule has 0 aliphatic heterocycles. The Morgan fingerprint density at radius 3 is 2.28 bits per heavy atom. The first-order valence-electron chi connectivity index (χ1n) is 7.08. The number of anilines is 1. The van der Waals surface area contributed by atoms with Gasteiger partial charge in [-0.1, -0.05) is 0 Å². The predicted molar refractivity (Wildman–Crippen MR) is 82.7 cm³/mol. The van der Waals surface area contributed by atoms with Gasteiger partial charge in [0, 0.05) is 6.92 Å². The fourth-order valence-electron chi connectivity index (χ4n) is 2.05. The fourth-order valence-corrected chi connectivity index (χ4v) is 2.05. The first-order valence-corrected chi connectivity index (χ1v) is 7.08. The zero-order chi connectivity index (χ0) is 18.6. The zero-order valence-electron chi connectivity index (χ0n) is 13.4. The van der Waals surface area contributed by atoms with Crippen molar-refractivity contribution in [2.24, 2.45) is 0 Å². The average molecular weight is 353 g/mol. The Morgan fingerprint density at radius 2 is 1.72 bits per heavy atom. The van der Waals surface area contributed by atoms with Crippen LogP contribution in [-0.2, 0) is 16.1 Å². The molecule has 0 bridgehead atoms. The van der Waals surface area contributed by atoms with Crippen LogP contribution in [0.3, 0.4) is 0 Å². The van der Waals surface area contributed by atoms with Crippen molar-refractivity contribution in [3.8, 4) is 5.75 Å². The predicted octanol–water partition coefficient (Wildman–Crippen LogP) is 3.43. The highest BCUT2D eigenvalue weighted by Gasteiger charge is 2.15. The summed E-state index contributed by atoms with van der Waals surface area (Å²) in [5.74, 6) is -5.09. The summed E-state index contributed by atoms with van der Waals surface area (Å²) in [4.78, 5) is 23.0. The molecule has 1 amide bonds. The van der Waals surface area contributed by atoms with Crippen molar-refractivity contribution < 1.29 is 32.2 Å². The number of hydrogen-bond donors (Lipinski definition) is 1. The van der Waals surface area contributed by atoms with Crippen molar-refractivity contribution >= 4 is 17.6 Å². The maximum Gasteiger partial charge on any atom is 0.340 e. The Hall–Kier alpha value is -3.03. The number of benzene rings is 2. The molecule has 132 valence electrons. The van der Waals surface area contributed by atoms with Crippen LogP contribution >= 0.6 is 0 Å². The standard InChI is InChI=1S/C17H14F3NO4/c1-9(22)21-15-4-3-11(7-12(15)17(23)24-2)25-8-10-5-13(18)16(20)14(19)6-10/h3-7H,8H2,1-2H3,(H,21,22). The minimum atomic E-state index is -1.56. The van der Waals surface area contributed by atoms with Crippen molar-refractivity contribution in [2.75, 3.05) is 12.4 Å². The Balaban J connectivity index is 2.22. The highest BCUT2D eigenvalue weighted by atomic mass is 19.2. The Labute approximate surface area is 141 Å². The van der Waals surface area contributed by atoms with Gasteiger partial charge in [-0.25, -0.2) is 18.0 Å². The van der Waals surface area contributed by atoms with Gasteiger partial charge in [-0.15, -0.1) is 0 Å². The molecule has 0 aliphatic rings. The lowest BCUT2D eigenvalue weighted by Gasteiger charge is -2.12. The molecule has 2 rings (SSSR count).